The van der Waals surface area contributed by atoms with E-state index < -0.39 is 0 Å². The van der Waals surface area contributed by atoms with Crippen LogP contribution in [0.4, 0.5) is 0 Å². The van der Waals surface area contributed by atoms with Crippen LogP contribution in [0.2, 0.25) is 0 Å². The van der Waals surface area contributed by atoms with E-state index in [4.69, 9.17) is 0 Å². The minimum absolute atomic E-state index is 0.0857. The second-order valence-electron chi connectivity index (χ2n) is 6.02. The van der Waals surface area contributed by atoms with Crippen LogP contribution in [0.3, 0.4) is 0 Å². The summed E-state index contributed by atoms with van der Waals surface area (Å²) in [7, 11) is 0. The van der Waals surface area contributed by atoms with Crippen molar-refractivity contribution in [3.8, 4) is 0 Å². The van der Waals surface area contributed by atoms with Gasteiger partial charge in [-0.15, -0.1) is 0 Å². The van der Waals surface area contributed by atoms with Crippen LogP contribution < -0.4 is 0 Å². The Balaban J connectivity index is 3.85. The minimum atomic E-state index is 0.0857. The average Bonchev–Trinajstić information content (AvgIpc) is 2.15. The van der Waals surface area contributed by atoms with E-state index in [0.29, 0.717) is 0 Å². The van der Waals surface area contributed by atoms with Crippen LogP contribution in [0, 0.1) is 17.8 Å². The molecule has 0 rings (SSSR count). The summed E-state index contributed by atoms with van der Waals surface area (Å²) in [4.78, 5) is 11.4. The minimum Gasteiger partial charge on any atom is -0.299 e. The van der Waals surface area contributed by atoms with E-state index in [2.05, 4.69) is 27.4 Å². The van der Waals surface area contributed by atoms with Gasteiger partial charge in [0, 0.05) is 5.92 Å². The van der Waals surface area contributed by atoms with Gasteiger partial charge >= 0.3 is 0 Å². The highest BCUT2D eigenvalue weighted by atomic mass is 16.1. The van der Waals surface area contributed by atoms with Crippen LogP contribution in [-0.4, -0.2) is 5.78 Å². The number of rotatable bonds is 9. The van der Waals surface area contributed by atoms with Crippen molar-refractivity contribution in [2.75, 3.05) is 0 Å². The molecule has 0 aliphatic heterocycles. The van der Waals surface area contributed by atoms with Crippen LogP contribution in [0.5, 0.6) is 0 Å². The van der Waals surface area contributed by atoms with Crippen molar-refractivity contribution >= 4 is 5.78 Å². The van der Waals surface area contributed by atoms with Gasteiger partial charge in [0.15, 0.2) is 0 Å². The summed E-state index contributed by atoms with van der Waals surface area (Å²) >= 11 is 0. The quantitative estimate of drug-likeness (QED) is 0.516. The summed E-state index contributed by atoms with van der Waals surface area (Å²) in [5.74, 6) is 1.90. The Bertz CT molecular complexity index is 226. The summed E-state index contributed by atoms with van der Waals surface area (Å²) in [5, 5.41) is 0. The van der Waals surface area contributed by atoms with Gasteiger partial charge in [0.25, 0.3) is 0 Å². The fraction of sp³-hybridized carbons (Fsp3) is 0.812. The molecular weight excluding hydrogens is 208 g/mol. The standard InChI is InChI=1S/C16H30O/c1-12(2)8-7-9-14(5)10-11-16(13(3)4)15(6)17/h12,14,16H,3,7-11H2,1-2,4-6H3. The number of ketones is 1. The molecule has 0 amide bonds. The van der Waals surface area contributed by atoms with E-state index in [0.717, 1.165) is 30.3 Å². The smallest absolute Gasteiger partial charge is 0.136 e. The van der Waals surface area contributed by atoms with Gasteiger partial charge in [0.2, 0.25) is 0 Å². The highest BCUT2D eigenvalue weighted by molar-refractivity contribution is 5.80. The molecular formula is C16H30O. The maximum absolute atomic E-state index is 11.4. The fourth-order valence-corrected chi connectivity index (χ4v) is 2.27. The predicted molar refractivity (Wildman–Crippen MR) is 76.1 cm³/mol. The normalized spacial score (nSPS) is 14.7. The van der Waals surface area contributed by atoms with Gasteiger partial charge in [-0.05, 0) is 38.5 Å². The molecule has 0 radical (unpaired) electrons. The largest absolute Gasteiger partial charge is 0.299 e. The van der Waals surface area contributed by atoms with E-state index in [1.54, 1.807) is 6.92 Å². The summed E-state index contributed by atoms with van der Waals surface area (Å²) < 4.78 is 0. The van der Waals surface area contributed by atoms with Crippen molar-refractivity contribution < 1.29 is 4.79 Å². The molecule has 1 heteroatoms. The molecule has 2 unspecified atom stereocenters. The highest BCUT2D eigenvalue weighted by Gasteiger charge is 2.16. The van der Waals surface area contributed by atoms with Gasteiger partial charge in [0.1, 0.15) is 5.78 Å². The maximum Gasteiger partial charge on any atom is 0.136 e. The van der Waals surface area contributed by atoms with E-state index in [1.165, 1.54) is 19.3 Å². The number of allylic oxidation sites excluding steroid dienone is 1. The maximum atomic E-state index is 11.4. The molecule has 0 spiro atoms. The zero-order valence-corrected chi connectivity index (χ0v) is 12.4. The average molecular weight is 238 g/mol. The number of carbonyl (C=O) groups excluding carboxylic acids is 1. The summed E-state index contributed by atoms with van der Waals surface area (Å²) in [6.45, 7) is 14.4. The topological polar surface area (TPSA) is 17.1 Å². The molecule has 0 saturated carbocycles. The van der Waals surface area contributed by atoms with E-state index in [1.807, 2.05) is 6.92 Å². The molecule has 0 fully saturated rings. The number of hydrogen-bond donors (Lipinski definition) is 0. The lowest BCUT2D eigenvalue weighted by Crippen LogP contribution is -2.13. The van der Waals surface area contributed by atoms with Crippen molar-refractivity contribution in [3.63, 3.8) is 0 Å². The number of carbonyl (C=O) groups is 1. The zero-order chi connectivity index (χ0) is 13.4. The van der Waals surface area contributed by atoms with Gasteiger partial charge in [-0.2, -0.15) is 0 Å². The first-order valence-corrected chi connectivity index (χ1v) is 7.00. The van der Waals surface area contributed by atoms with Crippen LogP contribution in [0.1, 0.15) is 66.7 Å². The summed E-state index contributed by atoms with van der Waals surface area (Å²) in [5.41, 5.74) is 1.02. The van der Waals surface area contributed by atoms with E-state index >= 15 is 0 Å². The zero-order valence-electron chi connectivity index (χ0n) is 12.4. The van der Waals surface area contributed by atoms with Crippen LogP contribution >= 0.6 is 0 Å². The van der Waals surface area contributed by atoms with Crippen molar-refractivity contribution in [1.29, 1.82) is 0 Å². The van der Waals surface area contributed by atoms with Crippen molar-refractivity contribution in [1.82, 2.24) is 0 Å². The lowest BCUT2D eigenvalue weighted by molar-refractivity contribution is -0.119. The van der Waals surface area contributed by atoms with Crippen molar-refractivity contribution in [3.05, 3.63) is 12.2 Å². The molecule has 17 heavy (non-hydrogen) atoms. The van der Waals surface area contributed by atoms with Crippen molar-refractivity contribution in [2.24, 2.45) is 17.8 Å². The molecule has 1 nitrogen and oxygen atoms in total. The SMILES string of the molecule is C=C(C)C(CCC(C)CCCC(C)C)C(C)=O. The highest BCUT2D eigenvalue weighted by Crippen LogP contribution is 2.23. The first kappa shape index (κ1) is 16.4. The molecule has 0 aromatic rings. The third-order valence-electron chi connectivity index (χ3n) is 3.51. The predicted octanol–water partition coefficient (Wildman–Crippen LogP) is 5.01. The molecule has 0 aromatic heterocycles. The third-order valence-corrected chi connectivity index (χ3v) is 3.51. The molecule has 2 atom stereocenters. The Morgan fingerprint density at radius 2 is 1.59 bits per heavy atom. The van der Waals surface area contributed by atoms with Gasteiger partial charge < -0.3 is 0 Å². The first-order chi connectivity index (χ1) is 7.84. The van der Waals surface area contributed by atoms with Gasteiger partial charge in [0.05, 0.1) is 0 Å². The van der Waals surface area contributed by atoms with Crippen LogP contribution in [0.15, 0.2) is 12.2 Å². The lowest BCUT2D eigenvalue weighted by atomic mass is 9.87. The van der Waals surface area contributed by atoms with E-state index in [-0.39, 0.29) is 11.7 Å². The Hall–Kier alpha value is -0.590. The first-order valence-electron chi connectivity index (χ1n) is 7.00. The molecule has 0 saturated heterocycles. The molecule has 100 valence electrons. The molecule has 0 N–H and O–H groups in total. The molecule has 0 bridgehead atoms. The second-order valence-corrected chi connectivity index (χ2v) is 6.02. The third kappa shape index (κ3) is 8.18. The Kier molecular flexibility index (Phi) is 8.20. The summed E-state index contributed by atoms with van der Waals surface area (Å²) in [6.07, 6.45) is 6.05. The van der Waals surface area contributed by atoms with Gasteiger partial charge in [-0.1, -0.05) is 52.2 Å². The van der Waals surface area contributed by atoms with E-state index in [9.17, 15) is 4.79 Å². The molecule has 0 aromatic carbocycles. The van der Waals surface area contributed by atoms with Crippen LogP contribution in [0.25, 0.3) is 0 Å². The monoisotopic (exact) mass is 238 g/mol. The lowest BCUT2D eigenvalue weighted by Gasteiger charge is -2.17. The molecule has 0 aliphatic rings. The fourth-order valence-electron chi connectivity index (χ4n) is 2.27. The van der Waals surface area contributed by atoms with Crippen molar-refractivity contribution in [2.45, 2.75) is 66.7 Å². The van der Waals surface area contributed by atoms with Crippen LogP contribution in [-0.2, 0) is 4.79 Å². The Morgan fingerprint density at radius 1 is 1.00 bits per heavy atom. The second kappa shape index (κ2) is 8.49. The number of Topliss-reactive ketones (excluding diaryl/α,β-unsaturated/α-hetero) is 1. The molecule has 0 aliphatic carbocycles. The molecule has 0 heterocycles. The Labute approximate surface area is 108 Å². The van der Waals surface area contributed by atoms with Gasteiger partial charge in [-0.3, -0.25) is 4.79 Å². The number of hydrogen-bond acceptors (Lipinski definition) is 1. The summed E-state index contributed by atoms with van der Waals surface area (Å²) in [6, 6.07) is 0. The Morgan fingerprint density at radius 3 is 2.00 bits per heavy atom. The van der Waals surface area contributed by atoms with Gasteiger partial charge in [-0.25, -0.2) is 0 Å².